The molecular weight excluding hydrogens is 134 g/mol. The number of nitrogens with zero attached hydrogens (tertiary/aromatic N) is 1. The van der Waals surface area contributed by atoms with E-state index in [2.05, 4.69) is 5.32 Å². The van der Waals surface area contributed by atoms with Gasteiger partial charge in [0.15, 0.2) is 6.29 Å². The molecule has 50 valence electrons. The molecule has 0 saturated carbocycles. The zero-order valence-corrected chi connectivity index (χ0v) is 5.98. The first-order valence-electron chi connectivity index (χ1n) is 2.67. The smallest absolute Gasteiger partial charge is 0.152 e. The monoisotopic (exact) mass is 143 g/mol. The van der Waals surface area contributed by atoms with Gasteiger partial charge in [-0.2, -0.15) is 0 Å². The molecule has 0 fully saturated rings. The lowest BCUT2D eigenvalue weighted by molar-refractivity contribution is 0.341. The number of nitrogens with one attached hydrogen (secondary N) is 1. The van der Waals surface area contributed by atoms with E-state index in [0.717, 1.165) is 4.99 Å². The Morgan fingerprint density at radius 3 is 3.00 bits per heavy atom. The van der Waals surface area contributed by atoms with E-state index in [1.54, 1.807) is 17.2 Å². The van der Waals surface area contributed by atoms with Crippen molar-refractivity contribution in [2.24, 2.45) is 5.73 Å². The molecule has 3 nitrogen and oxygen atoms in total. The molecule has 4 heteroatoms. The third-order valence-electron chi connectivity index (χ3n) is 1.26. The normalized spacial score (nSPS) is 26.2. The highest BCUT2D eigenvalue weighted by molar-refractivity contribution is 7.80. The van der Waals surface area contributed by atoms with Crippen LogP contribution in [0.1, 0.15) is 0 Å². The van der Waals surface area contributed by atoms with Crippen LogP contribution in [-0.2, 0) is 0 Å². The van der Waals surface area contributed by atoms with Gasteiger partial charge in [-0.1, -0.05) is 12.2 Å². The molecule has 1 unspecified atom stereocenters. The van der Waals surface area contributed by atoms with E-state index >= 15 is 0 Å². The van der Waals surface area contributed by atoms with E-state index in [0.29, 0.717) is 0 Å². The minimum Gasteiger partial charge on any atom is -0.359 e. The molecule has 0 aliphatic carbocycles. The van der Waals surface area contributed by atoms with Crippen LogP contribution in [0.3, 0.4) is 0 Å². The molecular formula is C5H9N3S. The van der Waals surface area contributed by atoms with Gasteiger partial charge in [0.05, 0.1) is 0 Å². The third kappa shape index (κ3) is 1.20. The predicted molar refractivity (Wildman–Crippen MR) is 40.6 cm³/mol. The van der Waals surface area contributed by atoms with Gasteiger partial charge < -0.3 is 10.2 Å². The number of rotatable bonds is 0. The number of thiocarbonyl (C=S) groups is 1. The minimum atomic E-state index is -0.164. The molecule has 0 aromatic carbocycles. The quantitative estimate of drug-likeness (QED) is 0.453. The van der Waals surface area contributed by atoms with Gasteiger partial charge >= 0.3 is 0 Å². The Kier molecular flexibility index (Phi) is 1.68. The van der Waals surface area contributed by atoms with Gasteiger partial charge in [-0.25, -0.2) is 0 Å². The molecule has 9 heavy (non-hydrogen) atoms. The van der Waals surface area contributed by atoms with E-state index in [1.807, 2.05) is 7.05 Å². The van der Waals surface area contributed by atoms with Gasteiger partial charge in [0.25, 0.3) is 0 Å². The fourth-order valence-electron chi connectivity index (χ4n) is 0.584. The third-order valence-corrected chi connectivity index (χ3v) is 1.68. The van der Waals surface area contributed by atoms with Crippen molar-refractivity contribution in [1.82, 2.24) is 10.2 Å². The summed E-state index contributed by atoms with van der Waals surface area (Å²) in [6, 6.07) is 0. The Morgan fingerprint density at radius 2 is 2.56 bits per heavy atom. The maximum atomic E-state index is 5.54. The van der Waals surface area contributed by atoms with Crippen molar-refractivity contribution >= 4 is 17.2 Å². The lowest BCUT2D eigenvalue weighted by Crippen LogP contribution is -2.52. The van der Waals surface area contributed by atoms with Crippen LogP contribution in [0.25, 0.3) is 0 Å². The second kappa shape index (κ2) is 2.33. The summed E-state index contributed by atoms with van der Waals surface area (Å²) < 4.78 is 0. The highest BCUT2D eigenvalue weighted by atomic mass is 32.1. The number of likely N-dealkylation sites (N-methyl/N-ethyl adjacent to an activating group) is 1. The van der Waals surface area contributed by atoms with E-state index in [4.69, 9.17) is 18.0 Å². The van der Waals surface area contributed by atoms with Crippen molar-refractivity contribution in [3.8, 4) is 0 Å². The molecule has 1 heterocycles. The van der Waals surface area contributed by atoms with Crippen LogP contribution in [0.15, 0.2) is 12.3 Å². The molecule has 0 radical (unpaired) electrons. The van der Waals surface area contributed by atoms with Crippen molar-refractivity contribution in [3.63, 3.8) is 0 Å². The standard InChI is InChI=1S/C5H9N3S/c1-8-4(9)2-3-7-5(8)6/h2-3,5,7H,6H2,1H3. The maximum absolute atomic E-state index is 5.54. The minimum absolute atomic E-state index is 0.164. The van der Waals surface area contributed by atoms with Gasteiger partial charge in [-0.3, -0.25) is 5.73 Å². The molecule has 1 aliphatic rings. The Labute approximate surface area is 59.5 Å². The largest absolute Gasteiger partial charge is 0.359 e. The molecule has 0 amide bonds. The Bertz CT molecular complexity index is 154. The average Bonchev–Trinajstić information content (AvgIpc) is 1.83. The highest BCUT2D eigenvalue weighted by Gasteiger charge is 2.11. The summed E-state index contributed by atoms with van der Waals surface area (Å²) in [7, 11) is 1.85. The van der Waals surface area contributed by atoms with Crippen LogP contribution < -0.4 is 11.1 Å². The van der Waals surface area contributed by atoms with Crippen molar-refractivity contribution in [2.45, 2.75) is 6.29 Å². The molecule has 0 saturated heterocycles. The van der Waals surface area contributed by atoms with Crippen LogP contribution in [0.5, 0.6) is 0 Å². The zero-order chi connectivity index (χ0) is 6.85. The lowest BCUT2D eigenvalue weighted by Gasteiger charge is -2.28. The second-order valence-corrected chi connectivity index (χ2v) is 2.31. The Balaban J connectivity index is 2.69. The van der Waals surface area contributed by atoms with Gasteiger partial charge in [-0.05, 0) is 6.08 Å². The summed E-state index contributed by atoms with van der Waals surface area (Å²) in [4.78, 5) is 2.55. The van der Waals surface area contributed by atoms with E-state index in [1.165, 1.54) is 0 Å². The van der Waals surface area contributed by atoms with Gasteiger partial charge in [0.2, 0.25) is 0 Å². The highest BCUT2D eigenvalue weighted by Crippen LogP contribution is 1.96. The molecule has 1 rings (SSSR count). The van der Waals surface area contributed by atoms with Gasteiger partial charge in [0, 0.05) is 13.2 Å². The summed E-state index contributed by atoms with van der Waals surface area (Å²) in [6.07, 6.45) is 3.40. The number of nitrogens with two attached hydrogens (primary N) is 1. The fraction of sp³-hybridized carbons (Fsp3) is 0.400. The summed E-state index contributed by atoms with van der Waals surface area (Å²) in [6.45, 7) is 0. The van der Waals surface area contributed by atoms with Crippen LogP contribution in [-0.4, -0.2) is 23.2 Å². The molecule has 0 aromatic heterocycles. The van der Waals surface area contributed by atoms with Crippen molar-refractivity contribution in [2.75, 3.05) is 7.05 Å². The van der Waals surface area contributed by atoms with Crippen LogP contribution in [0.4, 0.5) is 0 Å². The van der Waals surface area contributed by atoms with Crippen molar-refractivity contribution in [1.29, 1.82) is 0 Å². The molecule has 3 N–H and O–H groups in total. The Morgan fingerprint density at radius 1 is 1.89 bits per heavy atom. The summed E-state index contributed by atoms with van der Waals surface area (Å²) in [5, 5.41) is 2.90. The summed E-state index contributed by atoms with van der Waals surface area (Å²) in [5.41, 5.74) is 5.54. The van der Waals surface area contributed by atoms with E-state index < -0.39 is 0 Å². The van der Waals surface area contributed by atoms with Crippen LogP contribution in [0.2, 0.25) is 0 Å². The Hall–Kier alpha value is -0.610. The zero-order valence-electron chi connectivity index (χ0n) is 5.16. The molecule has 0 bridgehead atoms. The van der Waals surface area contributed by atoms with Crippen molar-refractivity contribution < 1.29 is 0 Å². The summed E-state index contributed by atoms with van der Waals surface area (Å²) in [5.74, 6) is 0. The second-order valence-electron chi connectivity index (χ2n) is 1.89. The first-order chi connectivity index (χ1) is 4.22. The van der Waals surface area contributed by atoms with Crippen molar-refractivity contribution in [3.05, 3.63) is 12.3 Å². The topological polar surface area (TPSA) is 41.3 Å². The lowest BCUT2D eigenvalue weighted by atomic mass is 10.4. The average molecular weight is 143 g/mol. The van der Waals surface area contributed by atoms with Crippen LogP contribution in [0, 0.1) is 0 Å². The molecule has 1 atom stereocenters. The molecule has 1 aliphatic heterocycles. The number of hydrogen-bond acceptors (Lipinski definition) is 3. The maximum Gasteiger partial charge on any atom is 0.152 e. The van der Waals surface area contributed by atoms with Gasteiger partial charge in [-0.15, -0.1) is 0 Å². The fourth-order valence-corrected chi connectivity index (χ4v) is 0.766. The van der Waals surface area contributed by atoms with E-state index in [-0.39, 0.29) is 6.29 Å². The SMILES string of the molecule is CN1C(=S)C=CNC1N. The summed E-state index contributed by atoms with van der Waals surface area (Å²) >= 11 is 4.92. The first kappa shape index (κ1) is 6.51. The van der Waals surface area contributed by atoms with Gasteiger partial charge in [0.1, 0.15) is 4.99 Å². The molecule has 0 spiro atoms. The predicted octanol–water partition coefficient (Wildman–Crippen LogP) is -0.395. The molecule has 0 aromatic rings. The number of hydrogen-bond donors (Lipinski definition) is 2. The van der Waals surface area contributed by atoms with Crippen LogP contribution >= 0.6 is 12.2 Å². The van der Waals surface area contributed by atoms with E-state index in [9.17, 15) is 0 Å². The first-order valence-corrected chi connectivity index (χ1v) is 3.07.